The van der Waals surface area contributed by atoms with Gasteiger partial charge < -0.3 is 24.0 Å². The Morgan fingerprint density at radius 3 is 1.03 bits per heavy atom. The minimum absolute atomic E-state index is 0.666. The van der Waals surface area contributed by atoms with Crippen LogP contribution in [0.3, 0.4) is 0 Å². The Bertz CT molecular complexity index is 6020. The van der Waals surface area contributed by atoms with E-state index in [0.29, 0.717) is 0 Å². The molecule has 1 atom stereocenters. The summed E-state index contributed by atoms with van der Waals surface area (Å²) in [5.74, 6) is 0. The normalized spacial score (nSPS) is 14.3. The molecule has 17 aromatic rings. The molecule has 3 heterocycles. The van der Waals surface area contributed by atoms with Gasteiger partial charge in [0.1, 0.15) is 11.2 Å². The van der Waals surface area contributed by atoms with Gasteiger partial charge in [-0.15, -0.1) is 0 Å². The first-order chi connectivity index (χ1) is 50.7. The second-order valence-corrected chi connectivity index (χ2v) is 28.0. The third-order valence-corrected chi connectivity index (χ3v) is 21.6. The van der Waals surface area contributed by atoms with Gasteiger partial charge in [0.2, 0.25) is 0 Å². The molecule has 2 aliphatic rings. The smallest absolute Gasteiger partial charge is 0.137 e. The molecule has 0 bridgehead atoms. The molecule has 490 valence electrons. The second-order valence-electron chi connectivity index (χ2n) is 28.0. The fourth-order valence-electron chi connectivity index (χ4n) is 17.2. The van der Waals surface area contributed by atoms with Crippen LogP contribution in [0.4, 0.5) is 68.2 Å². The van der Waals surface area contributed by atoms with Crippen molar-refractivity contribution >= 4 is 112 Å². The molecule has 2 aliphatic heterocycles. The lowest BCUT2D eigenvalue weighted by Gasteiger charge is -2.46. The number of para-hydroxylation sites is 4. The number of nitrogens with zero attached hydrogens (tertiary/aromatic N) is 4. The van der Waals surface area contributed by atoms with Gasteiger partial charge in [0.05, 0.1) is 33.6 Å². The Hall–Kier alpha value is -13.0. The first-order valence-corrected chi connectivity index (χ1v) is 35.7. The van der Waals surface area contributed by atoms with Crippen molar-refractivity contribution in [1.82, 2.24) is 0 Å². The summed E-state index contributed by atoms with van der Waals surface area (Å²) >= 11 is 0. The monoisotopic (exact) mass is 1320 g/mol. The highest BCUT2D eigenvalue weighted by molar-refractivity contribution is 6.09. The summed E-state index contributed by atoms with van der Waals surface area (Å²) in [5.41, 5.74) is 27.9. The summed E-state index contributed by atoms with van der Waals surface area (Å²) in [5, 5.41) is 6.80. The minimum atomic E-state index is -0.770. The molecule has 0 amide bonds. The SMILES string of the molecule is Cc1cccc(N(c2ccc(C3(c4ccccc4)c4ccccc4N(c4ccc5cc6cc(N7c8ccccc8C(c8ccccc8)(c8ccc(N(c9cccc(C)c9)c9cccc(C)c9)cc8)c8cc9c(cc87)oc7ccccc79)ccc6cc5c4)c4ccccc43)cc2)c2cccc(C)c2)c1. The maximum atomic E-state index is 6.88. The summed E-state index contributed by atoms with van der Waals surface area (Å²) < 4.78 is 6.88. The molecule has 19 rings (SSSR count). The van der Waals surface area contributed by atoms with Crippen LogP contribution in [-0.2, 0) is 10.8 Å². The molecular weight excluding hydrogens is 1250 g/mol. The van der Waals surface area contributed by atoms with Crippen LogP contribution in [0.5, 0.6) is 0 Å². The molecule has 0 saturated carbocycles. The van der Waals surface area contributed by atoms with Gasteiger partial charge in [-0.1, -0.05) is 218 Å². The van der Waals surface area contributed by atoms with E-state index in [9.17, 15) is 0 Å². The quantitative estimate of drug-likeness (QED) is 0.114. The van der Waals surface area contributed by atoms with Gasteiger partial charge in [-0.3, -0.25) is 0 Å². The van der Waals surface area contributed by atoms with E-state index < -0.39 is 10.8 Å². The Morgan fingerprint density at radius 1 is 0.233 bits per heavy atom. The average Bonchev–Trinajstić information content (AvgIpc) is 1.62. The molecule has 0 radical (unpaired) electrons. The second kappa shape index (κ2) is 24.4. The van der Waals surface area contributed by atoms with Crippen LogP contribution in [0.25, 0.3) is 43.5 Å². The van der Waals surface area contributed by atoms with Crippen molar-refractivity contribution in [1.29, 1.82) is 0 Å². The molecule has 1 aromatic heterocycles. The molecule has 0 N–H and O–H groups in total. The van der Waals surface area contributed by atoms with Gasteiger partial charge in [-0.2, -0.15) is 0 Å². The number of hydrogen-bond donors (Lipinski definition) is 0. The summed E-state index contributed by atoms with van der Waals surface area (Å²) in [6.45, 7) is 8.66. The van der Waals surface area contributed by atoms with Gasteiger partial charge in [0, 0.05) is 62.3 Å². The number of fused-ring (bicyclic) bond motifs is 9. The first kappa shape index (κ1) is 61.2. The lowest BCUT2D eigenvalue weighted by Crippen LogP contribution is -2.37. The summed E-state index contributed by atoms with van der Waals surface area (Å²) in [7, 11) is 0. The summed E-state index contributed by atoms with van der Waals surface area (Å²) in [6, 6.07) is 135. The fourth-order valence-corrected chi connectivity index (χ4v) is 17.2. The van der Waals surface area contributed by atoms with Crippen LogP contribution in [0, 0.1) is 27.7 Å². The molecule has 16 aromatic carbocycles. The Morgan fingerprint density at radius 2 is 0.602 bits per heavy atom. The highest BCUT2D eigenvalue weighted by Gasteiger charge is 2.49. The predicted octanol–water partition coefficient (Wildman–Crippen LogP) is 26.4. The lowest BCUT2D eigenvalue weighted by atomic mass is 9.62. The average molecular weight is 1320 g/mol. The van der Waals surface area contributed by atoms with Crippen molar-refractivity contribution in [3.05, 3.63) is 431 Å². The van der Waals surface area contributed by atoms with Crippen molar-refractivity contribution in [2.24, 2.45) is 0 Å². The zero-order valence-corrected chi connectivity index (χ0v) is 57.8. The molecule has 5 heteroatoms. The van der Waals surface area contributed by atoms with Crippen molar-refractivity contribution in [3.8, 4) is 0 Å². The molecule has 0 aliphatic carbocycles. The Labute approximate surface area is 601 Å². The third-order valence-electron chi connectivity index (χ3n) is 21.6. The topological polar surface area (TPSA) is 26.1 Å². The van der Waals surface area contributed by atoms with Gasteiger partial charge in [0.25, 0.3) is 0 Å². The highest BCUT2D eigenvalue weighted by atomic mass is 16.3. The Balaban J connectivity index is 0.736. The molecule has 5 nitrogen and oxygen atoms in total. The maximum Gasteiger partial charge on any atom is 0.137 e. The molecule has 0 fully saturated rings. The van der Waals surface area contributed by atoms with Gasteiger partial charge in [-0.05, 0) is 256 Å². The van der Waals surface area contributed by atoms with Crippen molar-refractivity contribution in [2.45, 2.75) is 38.5 Å². The number of hydrogen-bond acceptors (Lipinski definition) is 5. The number of rotatable bonds is 12. The summed E-state index contributed by atoms with van der Waals surface area (Å²) in [6.07, 6.45) is 0. The first-order valence-electron chi connectivity index (χ1n) is 35.7. The number of aryl methyl sites for hydroxylation is 4. The van der Waals surface area contributed by atoms with Crippen LogP contribution < -0.4 is 19.6 Å². The van der Waals surface area contributed by atoms with Crippen LogP contribution in [-0.4, -0.2) is 0 Å². The van der Waals surface area contributed by atoms with Gasteiger partial charge in [-0.25, -0.2) is 0 Å². The third kappa shape index (κ3) is 9.90. The summed E-state index contributed by atoms with van der Waals surface area (Å²) in [4.78, 5) is 9.73. The number of anilines is 12. The van der Waals surface area contributed by atoms with E-state index >= 15 is 0 Å². The van der Waals surface area contributed by atoms with Crippen LogP contribution in [0.15, 0.2) is 368 Å². The van der Waals surface area contributed by atoms with E-state index in [1.807, 2.05) is 0 Å². The molecule has 0 spiro atoms. The van der Waals surface area contributed by atoms with E-state index in [4.69, 9.17) is 4.42 Å². The van der Waals surface area contributed by atoms with E-state index in [1.165, 1.54) is 66.8 Å². The fraction of sp³-hybridized carbons (Fsp3) is 0.0612. The zero-order valence-electron chi connectivity index (χ0n) is 57.8. The highest BCUT2D eigenvalue weighted by Crippen LogP contribution is 2.61. The zero-order chi connectivity index (χ0) is 68.9. The van der Waals surface area contributed by atoms with Crippen LogP contribution in [0.1, 0.15) is 66.8 Å². The number of benzene rings is 16. The van der Waals surface area contributed by atoms with E-state index in [1.54, 1.807) is 0 Å². The van der Waals surface area contributed by atoms with Crippen molar-refractivity contribution in [2.75, 3.05) is 19.6 Å². The van der Waals surface area contributed by atoms with E-state index in [0.717, 1.165) is 112 Å². The van der Waals surface area contributed by atoms with Crippen molar-refractivity contribution in [3.63, 3.8) is 0 Å². The van der Waals surface area contributed by atoms with Crippen LogP contribution >= 0.6 is 0 Å². The van der Waals surface area contributed by atoms with Gasteiger partial charge in [0.15, 0.2) is 0 Å². The Kier molecular flexibility index (Phi) is 14.5. The largest absolute Gasteiger partial charge is 0.456 e. The number of furan rings is 1. The molecule has 1 unspecified atom stereocenters. The molecular formula is C98H72N4O. The molecule has 103 heavy (non-hydrogen) atoms. The van der Waals surface area contributed by atoms with Crippen molar-refractivity contribution < 1.29 is 4.42 Å². The predicted molar refractivity (Wildman–Crippen MR) is 430 cm³/mol. The molecule has 0 saturated heterocycles. The van der Waals surface area contributed by atoms with Crippen LogP contribution in [0.2, 0.25) is 0 Å². The van der Waals surface area contributed by atoms with Gasteiger partial charge >= 0.3 is 0 Å². The van der Waals surface area contributed by atoms with E-state index in [-0.39, 0.29) is 0 Å². The standard InChI is InChI=1S/C98H72N4O/c1-65-23-19-31-79(55-65)99(80-32-20-24-66(2)56-80)77-51-45-75(46-52-77)97(73-27-7-5-8-28-73)87-36-12-15-39-91(87)101(92-40-16-13-37-88(92)97)83-49-43-69-60-72-62-84(50-44-70(72)59-71(69)61-83)102-93-41-17-14-38-89(93)98(74-29-9-6-10-30-74,90-63-86-85-35-11-18-42-95(85)103-96(86)64-94(90)102)76-47-53-78(54-48-76)100(81-33-21-25-67(3)57-81)82-34-22-26-68(4)58-82/h5-64H,1-4H3. The lowest BCUT2D eigenvalue weighted by molar-refractivity contribution is 0.667. The maximum absolute atomic E-state index is 6.88. The van der Waals surface area contributed by atoms with E-state index in [2.05, 4.69) is 411 Å². The minimum Gasteiger partial charge on any atom is -0.456 e.